The van der Waals surface area contributed by atoms with Gasteiger partial charge in [-0.2, -0.15) is 0 Å². The van der Waals surface area contributed by atoms with Crippen LogP contribution in [-0.4, -0.2) is 18.5 Å². The van der Waals surface area contributed by atoms with Crippen molar-refractivity contribution in [3.05, 3.63) is 64.4 Å². The lowest BCUT2D eigenvalue weighted by Crippen LogP contribution is -2.21. The molecule has 4 nitrogen and oxygen atoms in total. The molecule has 0 fully saturated rings. The number of benzene rings is 2. The molecule has 0 bridgehead atoms. The highest BCUT2D eigenvalue weighted by atomic mass is 35.5. The second kappa shape index (κ2) is 7.04. The van der Waals surface area contributed by atoms with Crippen LogP contribution in [0.4, 0.5) is 10.1 Å². The predicted molar refractivity (Wildman–Crippen MR) is 81.5 cm³/mol. The van der Waals surface area contributed by atoms with Gasteiger partial charge in [-0.25, -0.2) is 9.18 Å². The zero-order valence-electron chi connectivity index (χ0n) is 11.7. The largest absolute Gasteiger partial charge is 0.452 e. The van der Waals surface area contributed by atoms with Crippen LogP contribution in [0, 0.1) is 12.7 Å². The summed E-state index contributed by atoms with van der Waals surface area (Å²) in [6, 6.07) is 10.1. The smallest absolute Gasteiger partial charge is 0.338 e. The van der Waals surface area contributed by atoms with E-state index in [0.717, 1.165) is 11.6 Å². The van der Waals surface area contributed by atoms with Crippen LogP contribution < -0.4 is 5.32 Å². The van der Waals surface area contributed by atoms with E-state index in [1.807, 2.05) is 6.92 Å². The summed E-state index contributed by atoms with van der Waals surface area (Å²) in [6.07, 6.45) is 0. The van der Waals surface area contributed by atoms with E-state index in [1.165, 1.54) is 18.2 Å². The van der Waals surface area contributed by atoms with Crippen LogP contribution in [0.1, 0.15) is 15.9 Å². The molecule has 22 heavy (non-hydrogen) atoms. The van der Waals surface area contributed by atoms with E-state index in [-0.39, 0.29) is 5.56 Å². The van der Waals surface area contributed by atoms with Crippen LogP contribution >= 0.6 is 11.6 Å². The highest BCUT2D eigenvalue weighted by Crippen LogP contribution is 2.20. The van der Waals surface area contributed by atoms with Crippen molar-refractivity contribution >= 4 is 29.2 Å². The third-order valence-corrected chi connectivity index (χ3v) is 3.10. The monoisotopic (exact) mass is 321 g/mol. The first kappa shape index (κ1) is 16.0. The van der Waals surface area contributed by atoms with Gasteiger partial charge in [0.25, 0.3) is 5.91 Å². The molecule has 6 heteroatoms. The van der Waals surface area contributed by atoms with Gasteiger partial charge in [0.05, 0.1) is 5.56 Å². The van der Waals surface area contributed by atoms with Gasteiger partial charge in [0.2, 0.25) is 0 Å². The average Bonchev–Trinajstić information content (AvgIpc) is 2.48. The minimum Gasteiger partial charge on any atom is -0.452 e. The van der Waals surface area contributed by atoms with Crippen LogP contribution in [-0.2, 0) is 9.53 Å². The number of rotatable bonds is 4. The average molecular weight is 322 g/mol. The molecule has 0 aliphatic carbocycles. The molecule has 0 aromatic heterocycles. The fourth-order valence-electron chi connectivity index (χ4n) is 1.75. The maximum absolute atomic E-state index is 13.0. The zero-order chi connectivity index (χ0) is 16.1. The minimum absolute atomic E-state index is 0.0479. The fraction of sp³-hybridized carbons (Fsp3) is 0.125. The summed E-state index contributed by atoms with van der Waals surface area (Å²) in [4.78, 5) is 23.5. The maximum atomic E-state index is 13.0. The number of carbonyl (C=O) groups is 2. The lowest BCUT2D eigenvalue weighted by atomic mass is 10.2. The van der Waals surface area contributed by atoms with Crippen LogP contribution in [0.15, 0.2) is 42.5 Å². The maximum Gasteiger partial charge on any atom is 0.338 e. The number of halogens is 2. The molecule has 0 saturated carbocycles. The molecule has 114 valence electrons. The number of hydrogen-bond donors (Lipinski definition) is 1. The Morgan fingerprint density at radius 3 is 2.73 bits per heavy atom. The molecule has 2 rings (SSSR count). The summed E-state index contributed by atoms with van der Waals surface area (Å²) in [5.41, 5.74) is 1.42. The molecule has 0 saturated heterocycles. The van der Waals surface area contributed by atoms with Crippen molar-refractivity contribution in [2.24, 2.45) is 0 Å². The Labute approximate surface area is 131 Å². The van der Waals surface area contributed by atoms with Crippen molar-refractivity contribution in [1.82, 2.24) is 0 Å². The van der Waals surface area contributed by atoms with Gasteiger partial charge in [-0.1, -0.05) is 23.7 Å². The molecule has 1 amide bonds. The third kappa shape index (κ3) is 4.30. The van der Waals surface area contributed by atoms with Gasteiger partial charge in [0, 0.05) is 10.7 Å². The first-order valence-electron chi connectivity index (χ1n) is 6.44. The Morgan fingerprint density at radius 1 is 1.23 bits per heavy atom. The fourth-order valence-corrected chi connectivity index (χ4v) is 1.92. The van der Waals surface area contributed by atoms with Gasteiger partial charge in [-0.3, -0.25) is 4.79 Å². The topological polar surface area (TPSA) is 55.4 Å². The summed E-state index contributed by atoms with van der Waals surface area (Å²) < 4.78 is 17.8. The first-order chi connectivity index (χ1) is 10.5. The van der Waals surface area contributed by atoms with Gasteiger partial charge in [-0.05, 0) is 42.8 Å². The van der Waals surface area contributed by atoms with Crippen molar-refractivity contribution in [2.45, 2.75) is 6.92 Å². The molecule has 0 spiro atoms. The molecule has 0 atom stereocenters. The molecule has 0 aliphatic heterocycles. The lowest BCUT2D eigenvalue weighted by Gasteiger charge is -2.09. The number of aryl methyl sites for hydroxylation is 1. The summed E-state index contributed by atoms with van der Waals surface area (Å²) in [6.45, 7) is 1.34. The van der Waals surface area contributed by atoms with Crippen molar-refractivity contribution in [2.75, 3.05) is 11.9 Å². The number of carbonyl (C=O) groups excluding carboxylic acids is 2. The van der Waals surface area contributed by atoms with E-state index in [9.17, 15) is 14.0 Å². The number of hydrogen-bond acceptors (Lipinski definition) is 3. The molecular formula is C16H13ClFNO3. The van der Waals surface area contributed by atoms with Crippen molar-refractivity contribution in [1.29, 1.82) is 0 Å². The van der Waals surface area contributed by atoms with Crippen molar-refractivity contribution < 1.29 is 18.7 Å². The van der Waals surface area contributed by atoms with Gasteiger partial charge in [0.15, 0.2) is 6.61 Å². The van der Waals surface area contributed by atoms with Gasteiger partial charge >= 0.3 is 5.97 Å². The van der Waals surface area contributed by atoms with Gasteiger partial charge < -0.3 is 10.1 Å². The van der Waals surface area contributed by atoms with E-state index in [4.69, 9.17) is 16.3 Å². The Balaban J connectivity index is 1.93. The quantitative estimate of drug-likeness (QED) is 0.876. The molecule has 0 unspecified atom stereocenters. The lowest BCUT2D eigenvalue weighted by molar-refractivity contribution is -0.119. The Bertz CT molecular complexity index is 718. The third-order valence-electron chi connectivity index (χ3n) is 2.87. The molecule has 1 N–H and O–H groups in total. The molecular weight excluding hydrogens is 309 g/mol. The predicted octanol–water partition coefficient (Wildman–Crippen LogP) is 3.58. The van der Waals surface area contributed by atoms with Gasteiger partial charge in [0.1, 0.15) is 5.82 Å². The summed E-state index contributed by atoms with van der Waals surface area (Å²) >= 11 is 5.85. The second-order valence-electron chi connectivity index (χ2n) is 4.59. The number of esters is 1. The summed E-state index contributed by atoms with van der Waals surface area (Å²) in [7, 11) is 0. The van der Waals surface area contributed by atoms with E-state index < -0.39 is 24.3 Å². The second-order valence-corrected chi connectivity index (χ2v) is 5.03. The summed E-state index contributed by atoms with van der Waals surface area (Å²) in [5, 5.41) is 3.08. The molecule has 0 heterocycles. The van der Waals surface area contributed by atoms with E-state index in [0.29, 0.717) is 10.7 Å². The highest BCUT2D eigenvalue weighted by Gasteiger charge is 2.11. The van der Waals surface area contributed by atoms with Crippen LogP contribution in [0.3, 0.4) is 0 Å². The Morgan fingerprint density at radius 2 is 2.00 bits per heavy atom. The highest BCUT2D eigenvalue weighted by molar-refractivity contribution is 6.31. The Kier molecular flexibility index (Phi) is 5.12. The zero-order valence-corrected chi connectivity index (χ0v) is 12.5. The number of ether oxygens (including phenoxy) is 1. The van der Waals surface area contributed by atoms with E-state index in [1.54, 1.807) is 18.2 Å². The van der Waals surface area contributed by atoms with Crippen LogP contribution in [0.25, 0.3) is 0 Å². The number of amides is 1. The molecule has 0 aliphatic rings. The van der Waals surface area contributed by atoms with Crippen LogP contribution in [0.2, 0.25) is 5.02 Å². The van der Waals surface area contributed by atoms with Crippen LogP contribution in [0.5, 0.6) is 0 Å². The molecule has 0 radical (unpaired) electrons. The first-order valence-corrected chi connectivity index (χ1v) is 6.82. The molecule has 2 aromatic carbocycles. The standard InChI is InChI=1S/C16H13ClFNO3/c1-10-5-6-12(17)8-14(10)19-15(20)9-22-16(21)11-3-2-4-13(18)7-11/h2-8H,9H2,1H3,(H,19,20). The van der Waals surface area contributed by atoms with Gasteiger partial charge in [-0.15, -0.1) is 0 Å². The molecule has 2 aromatic rings. The van der Waals surface area contributed by atoms with E-state index >= 15 is 0 Å². The number of nitrogens with one attached hydrogen (secondary N) is 1. The van der Waals surface area contributed by atoms with Crippen molar-refractivity contribution in [3.8, 4) is 0 Å². The van der Waals surface area contributed by atoms with Crippen molar-refractivity contribution in [3.63, 3.8) is 0 Å². The SMILES string of the molecule is Cc1ccc(Cl)cc1NC(=O)COC(=O)c1cccc(F)c1. The normalized spacial score (nSPS) is 10.1. The van der Waals surface area contributed by atoms with E-state index in [2.05, 4.69) is 5.32 Å². The Hall–Kier alpha value is -2.40. The number of anilines is 1. The minimum atomic E-state index is -0.766. The summed E-state index contributed by atoms with van der Waals surface area (Å²) in [5.74, 6) is -1.82.